The minimum Gasteiger partial charge on any atom is -0.488 e. The Morgan fingerprint density at radius 3 is 2.43 bits per heavy atom. The number of benzene rings is 2. The van der Waals surface area contributed by atoms with Crippen molar-refractivity contribution in [3.63, 3.8) is 0 Å². The maximum atomic E-state index is 6.13. The van der Waals surface area contributed by atoms with Crippen molar-refractivity contribution in [1.29, 1.82) is 0 Å². The van der Waals surface area contributed by atoms with Gasteiger partial charge in [0.15, 0.2) is 0 Å². The Bertz CT molecular complexity index is 611. The normalized spacial score (nSPS) is 12.2. The second kappa shape index (κ2) is 7.50. The molecule has 0 spiro atoms. The third kappa shape index (κ3) is 4.62. The highest BCUT2D eigenvalue weighted by Crippen LogP contribution is 2.30. The summed E-state index contributed by atoms with van der Waals surface area (Å²) in [5.74, 6) is 0.749. The number of nitrogens with two attached hydrogens (primary N) is 1. The van der Waals surface area contributed by atoms with E-state index in [0.29, 0.717) is 16.7 Å². The van der Waals surface area contributed by atoms with Crippen molar-refractivity contribution in [2.24, 2.45) is 5.73 Å². The van der Waals surface area contributed by atoms with Crippen molar-refractivity contribution in [3.05, 3.63) is 62.0 Å². The van der Waals surface area contributed by atoms with Crippen molar-refractivity contribution < 1.29 is 4.74 Å². The molecule has 0 radical (unpaired) electrons. The van der Waals surface area contributed by atoms with Crippen molar-refractivity contribution in [1.82, 2.24) is 0 Å². The molecule has 2 aromatic rings. The van der Waals surface area contributed by atoms with E-state index < -0.39 is 0 Å². The first-order valence-corrected chi connectivity index (χ1v) is 8.12. The lowest BCUT2D eigenvalue weighted by molar-refractivity contribution is 0.304. The van der Waals surface area contributed by atoms with Crippen LogP contribution in [-0.4, -0.2) is 6.04 Å². The monoisotopic (exact) mass is 387 g/mol. The Morgan fingerprint density at radius 2 is 1.86 bits per heavy atom. The SMILES string of the molecule is CC(N)Cc1ccc(OCc2c(Cl)cccc2Cl)c(Br)c1. The van der Waals surface area contributed by atoms with Crippen molar-refractivity contribution in [3.8, 4) is 5.75 Å². The van der Waals surface area contributed by atoms with Gasteiger partial charge in [-0.1, -0.05) is 35.3 Å². The molecule has 2 N–H and O–H groups in total. The van der Waals surface area contributed by atoms with Crippen molar-refractivity contribution >= 4 is 39.1 Å². The Labute approximate surface area is 143 Å². The highest BCUT2D eigenvalue weighted by molar-refractivity contribution is 9.10. The first-order valence-electron chi connectivity index (χ1n) is 6.57. The quantitative estimate of drug-likeness (QED) is 0.761. The van der Waals surface area contributed by atoms with E-state index in [0.717, 1.165) is 22.2 Å². The second-order valence-electron chi connectivity index (χ2n) is 4.94. The van der Waals surface area contributed by atoms with E-state index in [9.17, 15) is 0 Å². The second-order valence-corrected chi connectivity index (χ2v) is 6.60. The molecule has 0 heterocycles. The number of rotatable bonds is 5. The van der Waals surface area contributed by atoms with E-state index in [4.69, 9.17) is 33.7 Å². The molecular formula is C16H16BrCl2NO. The van der Waals surface area contributed by atoms with Crippen LogP contribution in [-0.2, 0) is 13.0 Å². The molecule has 0 bridgehead atoms. The largest absolute Gasteiger partial charge is 0.488 e. The van der Waals surface area contributed by atoms with Crippen LogP contribution >= 0.6 is 39.1 Å². The van der Waals surface area contributed by atoms with Crippen molar-refractivity contribution in [2.75, 3.05) is 0 Å². The Morgan fingerprint density at radius 1 is 1.19 bits per heavy atom. The highest BCUT2D eigenvalue weighted by atomic mass is 79.9. The van der Waals surface area contributed by atoms with Gasteiger partial charge in [0, 0.05) is 21.7 Å². The van der Waals surface area contributed by atoms with Crippen LogP contribution in [0.4, 0.5) is 0 Å². The molecular weight excluding hydrogens is 373 g/mol. The molecule has 2 nitrogen and oxygen atoms in total. The summed E-state index contributed by atoms with van der Waals surface area (Å²) < 4.78 is 6.69. The fourth-order valence-electron chi connectivity index (χ4n) is 1.98. The highest BCUT2D eigenvalue weighted by Gasteiger charge is 2.09. The van der Waals surface area contributed by atoms with E-state index in [-0.39, 0.29) is 6.04 Å². The summed E-state index contributed by atoms with van der Waals surface area (Å²) in [4.78, 5) is 0. The van der Waals surface area contributed by atoms with Crippen LogP contribution in [0.5, 0.6) is 5.75 Å². The summed E-state index contributed by atoms with van der Waals surface area (Å²) in [5.41, 5.74) is 7.76. The molecule has 21 heavy (non-hydrogen) atoms. The van der Waals surface area contributed by atoms with Crippen LogP contribution in [0.3, 0.4) is 0 Å². The molecule has 0 saturated carbocycles. The minimum atomic E-state index is 0.130. The van der Waals surface area contributed by atoms with Gasteiger partial charge in [-0.05, 0) is 59.1 Å². The molecule has 0 fully saturated rings. The van der Waals surface area contributed by atoms with E-state index in [2.05, 4.69) is 15.9 Å². The molecule has 0 aliphatic heterocycles. The topological polar surface area (TPSA) is 35.2 Å². The molecule has 2 aromatic carbocycles. The summed E-state index contributed by atoms with van der Waals surface area (Å²) in [6.07, 6.45) is 0.829. The standard InChI is InChI=1S/C16H16BrCl2NO/c1-10(20)7-11-5-6-16(13(17)8-11)21-9-12-14(18)3-2-4-15(12)19/h2-6,8,10H,7,9,20H2,1H3. The molecule has 0 aliphatic rings. The van der Waals surface area contributed by atoms with Crippen LogP contribution in [0.15, 0.2) is 40.9 Å². The van der Waals surface area contributed by atoms with Crippen LogP contribution in [0, 0.1) is 0 Å². The zero-order chi connectivity index (χ0) is 15.4. The number of hydrogen-bond acceptors (Lipinski definition) is 2. The van der Waals surface area contributed by atoms with E-state index in [1.165, 1.54) is 5.56 Å². The first-order chi connectivity index (χ1) is 9.97. The van der Waals surface area contributed by atoms with E-state index >= 15 is 0 Å². The molecule has 0 aliphatic carbocycles. The lowest BCUT2D eigenvalue weighted by Crippen LogP contribution is -2.17. The molecule has 5 heteroatoms. The zero-order valence-electron chi connectivity index (χ0n) is 11.6. The lowest BCUT2D eigenvalue weighted by atomic mass is 10.1. The van der Waals surface area contributed by atoms with Crippen LogP contribution in [0.25, 0.3) is 0 Å². The van der Waals surface area contributed by atoms with Crippen LogP contribution in [0.1, 0.15) is 18.1 Å². The number of hydrogen-bond donors (Lipinski definition) is 1. The van der Waals surface area contributed by atoms with Crippen molar-refractivity contribution in [2.45, 2.75) is 26.0 Å². The maximum absolute atomic E-state index is 6.13. The van der Waals surface area contributed by atoms with Gasteiger partial charge >= 0.3 is 0 Å². The molecule has 0 aromatic heterocycles. The Balaban J connectivity index is 2.10. The summed E-state index contributed by atoms with van der Waals surface area (Å²) in [7, 11) is 0. The van der Waals surface area contributed by atoms with Gasteiger partial charge in [-0.25, -0.2) is 0 Å². The van der Waals surface area contributed by atoms with Gasteiger partial charge in [0.1, 0.15) is 12.4 Å². The summed E-state index contributed by atoms with van der Waals surface area (Å²) in [6, 6.07) is 11.5. The van der Waals surface area contributed by atoms with Gasteiger partial charge in [-0.3, -0.25) is 0 Å². The average molecular weight is 389 g/mol. The predicted octanol–water partition coefficient (Wildman–Crippen LogP) is 5.22. The van der Waals surface area contributed by atoms with Gasteiger partial charge in [0.05, 0.1) is 4.47 Å². The third-order valence-corrected chi connectivity index (χ3v) is 4.32. The minimum absolute atomic E-state index is 0.130. The number of halogens is 3. The summed E-state index contributed by atoms with van der Waals surface area (Å²) in [6.45, 7) is 2.31. The fraction of sp³-hybridized carbons (Fsp3) is 0.250. The van der Waals surface area contributed by atoms with E-state index in [1.54, 1.807) is 12.1 Å². The molecule has 112 valence electrons. The molecule has 0 amide bonds. The summed E-state index contributed by atoms with van der Waals surface area (Å²) in [5, 5.41) is 1.21. The number of ether oxygens (including phenoxy) is 1. The molecule has 0 saturated heterocycles. The Kier molecular flexibility index (Phi) is 5.94. The average Bonchev–Trinajstić information content (AvgIpc) is 2.39. The maximum Gasteiger partial charge on any atom is 0.134 e. The van der Waals surface area contributed by atoms with Gasteiger partial charge in [0.25, 0.3) is 0 Å². The lowest BCUT2D eigenvalue weighted by Gasteiger charge is -2.12. The molecule has 1 atom stereocenters. The van der Waals surface area contributed by atoms with E-state index in [1.807, 2.05) is 31.2 Å². The Hall–Kier alpha value is -0.740. The van der Waals surface area contributed by atoms with Crippen LogP contribution < -0.4 is 10.5 Å². The first kappa shape index (κ1) is 16.6. The zero-order valence-corrected chi connectivity index (χ0v) is 14.7. The van der Waals surface area contributed by atoms with Crippen LogP contribution in [0.2, 0.25) is 10.0 Å². The van der Waals surface area contributed by atoms with Gasteiger partial charge in [0.2, 0.25) is 0 Å². The third-order valence-electron chi connectivity index (χ3n) is 2.99. The fourth-order valence-corrected chi connectivity index (χ4v) is 3.03. The van der Waals surface area contributed by atoms with Gasteiger partial charge < -0.3 is 10.5 Å². The summed E-state index contributed by atoms with van der Waals surface area (Å²) >= 11 is 15.8. The molecule has 1 unspecified atom stereocenters. The van der Waals surface area contributed by atoms with Gasteiger partial charge in [-0.15, -0.1) is 0 Å². The smallest absolute Gasteiger partial charge is 0.134 e. The molecule has 2 rings (SSSR count). The predicted molar refractivity (Wildman–Crippen MR) is 92.3 cm³/mol. The van der Waals surface area contributed by atoms with Gasteiger partial charge in [-0.2, -0.15) is 0 Å².